The normalized spacial score (nSPS) is 13.0. The second-order valence-corrected chi connectivity index (χ2v) is 7.16. The SMILES string of the molecule is O=C(C[n+]1cccc2ccccc21)c1ccc(N2C(=O)c3ccccc3C2=O)cc1. The maximum atomic E-state index is 12.8. The number of ketones is 1. The van der Waals surface area contributed by atoms with Crippen molar-refractivity contribution in [2.24, 2.45) is 0 Å². The molecule has 0 radical (unpaired) electrons. The van der Waals surface area contributed by atoms with E-state index in [2.05, 4.69) is 0 Å². The Bertz CT molecular complexity index is 1290. The molecule has 30 heavy (non-hydrogen) atoms. The van der Waals surface area contributed by atoms with Crippen molar-refractivity contribution in [3.05, 3.63) is 108 Å². The number of para-hydroxylation sites is 1. The summed E-state index contributed by atoms with van der Waals surface area (Å²) in [6.45, 7) is 0.202. The predicted octanol–water partition coefficient (Wildman–Crippen LogP) is 3.81. The molecule has 1 aliphatic rings. The quantitative estimate of drug-likeness (QED) is 0.301. The number of benzene rings is 3. The number of aromatic nitrogens is 1. The number of hydrogen-bond acceptors (Lipinski definition) is 3. The lowest BCUT2D eigenvalue weighted by molar-refractivity contribution is -0.657. The number of hydrogen-bond donors (Lipinski definition) is 0. The first-order chi connectivity index (χ1) is 14.6. The summed E-state index contributed by atoms with van der Waals surface area (Å²) >= 11 is 0. The van der Waals surface area contributed by atoms with Crippen LogP contribution >= 0.6 is 0 Å². The van der Waals surface area contributed by atoms with Crippen molar-refractivity contribution in [1.29, 1.82) is 0 Å². The van der Waals surface area contributed by atoms with Gasteiger partial charge in [-0.3, -0.25) is 14.4 Å². The lowest BCUT2D eigenvalue weighted by Crippen LogP contribution is -2.38. The number of carbonyl (C=O) groups excluding carboxylic acids is 3. The summed E-state index contributed by atoms with van der Waals surface area (Å²) in [5.74, 6) is -0.743. The van der Waals surface area contributed by atoms with Gasteiger partial charge >= 0.3 is 0 Å². The fraction of sp³-hybridized carbons (Fsp3) is 0.0400. The van der Waals surface area contributed by atoms with Gasteiger partial charge in [0.15, 0.2) is 6.20 Å². The number of fused-ring (bicyclic) bond motifs is 2. The largest absolute Gasteiger partial charge is 0.287 e. The summed E-state index contributed by atoms with van der Waals surface area (Å²) in [6.07, 6.45) is 1.88. The van der Waals surface area contributed by atoms with Gasteiger partial charge in [0, 0.05) is 23.1 Å². The Balaban J connectivity index is 1.40. The zero-order chi connectivity index (χ0) is 20.7. The van der Waals surface area contributed by atoms with Crippen molar-refractivity contribution >= 4 is 34.2 Å². The highest BCUT2D eigenvalue weighted by molar-refractivity contribution is 6.34. The van der Waals surface area contributed by atoms with E-state index in [1.807, 2.05) is 47.2 Å². The minimum atomic E-state index is -0.346. The van der Waals surface area contributed by atoms with Gasteiger partial charge in [-0.1, -0.05) is 24.3 Å². The van der Waals surface area contributed by atoms with Crippen molar-refractivity contribution < 1.29 is 19.0 Å². The van der Waals surface area contributed by atoms with Crippen LogP contribution in [0.15, 0.2) is 91.1 Å². The van der Waals surface area contributed by atoms with E-state index in [4.69, 9.17) is 0 Å². The Morgan fingerprint density at radius 2 is 1.33 bits per heavy atom. The molecule has 2 amide bonds. The zero-order valence-corrected chi connectivity index (χ0v) is 16.0. The first-order valence-corrected chi connectivity index (χ1v) is 9.62. The van der Waals surface area contributed by atoms with Gasteiger partial charge in [0.05, 0.1) is 16.8 Å². The van der Waals surface area contributed by atoms with E-state index in [0.717, 1.165) is 15.8 Å². The number of pyridine rings is 1. The standard InChI is InChI=1S/C25H17N2O3/c28-23(16-26-15-5-7-17-6-1-4-10-22(17)26)18-11-13-19(14-12-18)27-24(29)20-8-2-3-9-21(20)25(27)30/h1-15H,16H2/q+1. The molecule has 0 fully saturated rings. The van der Waals surface area contributed by atoms with E-state index in [-0.39, 0.29) is 24.1 Å². The second-order valence-electron chi connectivity index (χ2n) is 7.16. The van der Waals surface area contributed by atoms with E-state index in [9.17, 15) is 14.4 Å². The number of Topliss-reactive ketones (excluding diaryl/α,β-unsaturated/α-hetero) is 1. The van der Waals surface area contributed by atoms with Crippen molar-refractivity contribution in [1.82, 2.24) is 0 Å². The fourth-order valence-electron chi connectivity index (χ4n) is 3.82. The molecule has 2 heterocycles. The Kier molecular flexibility index (Phi) is 4.21. The van der Waals surface area contributed by atoms with Gasteiger partial charge in [0.25, 0.3) is 11.8 Å². The second kappa shape index (κ2) is 7.04. The number of nitrogens with zero attached hydrogens (tertiary/aromatic N) is 2. The molecule has 0 bridgehead atoms. The zero-order valence-electron chi connectivity index (χ0n) is 16.0. The summed E-state index contributed by atoms with van der Waals surface area (Å²) in [4.78, 5) is 39.2. The number of rotatable bonds is 4. The molecule has 0 unspecified atom stereocenters. The first-order valence-electron chi connectivity index (χ1n) is 9.62. The van der Waals surface area contributed by atoms with Crippen LogP contribution < -0.4 is 9.47 Å². The Hall–Kier alpha value is -4.12. The molecule has 5 nitrogen and oxygen atoms in total. The highest BCUT2D eigenvalue weighted by atomic mass is 16.2. The maximum absolute atomic E-state index is 12.8. The van der Waals surface area contributed by atoms with Crippen LogP contribution in [0.4, 0.5) is 5.69 Å². The molecule has 0 atom stereocenters. The van der Waals surface area contributed by atoms with Gasteiger partial charge in [0.1, 0.15) is 0 Å². The maximum Gasteiger partial charge on any atom is 0.266 e. The van der Waals surface area contributed by atoms with E-state index < -0.39 is 0 Å². The first kappa shape index (κ1) is 17.9. The highest BCUT2D eigenvalue weighted by Crippen LogP contribution is 2.28. The van der Waals surface area contributed by atoms with Crippen molar-refractivity contribution in [3.8, 4) is 0 Å². The van der Waals surface area contributed by atoms with Crippen molar-refractivity contribution in [2.75, 3.05) is 4.90 Å². The third-order valence-electron chi connectivity index (χ3n) is 5.34. The molecule has 144 valence electrons. The van der Waals surface area contributed by atoms with Gasteiger partial charge in [-0.25, -0.2) is 4.90 Å². The van der Waals surface area contributed by atoms with E-state index in [1.165, 1.54) is 0 Å². The molecule has 0 N–H and O–H groups in total. The molecule has 3 aromatic carbocycles. The molecule has 4 aromatic rings. The average Bonchev–Trinajstić information content (AvgIpc) is 3.04. The Morgan fingerprint density at radius 3 is 2.03 bits per heavy atom. The molecule has 0 saturated heterocycles. The Labute approximate surface area is 172 Å². The minimum Gasteiger partial charge on any atom is -0.287 e. The molecule has 0 spiro atoms. The van der Waals surface area contributed by atoms with E-state index in [0.29, 0.717) is 22.4 Å². The molecule has 0 aliphatic carbocycles. The lowest BCUT2D eigenvalue weighted by Gasteiger charge is -2.14. The van der Waals surface area contributed by atoms with Gasteiger partial charge in [-0.05, 0) is 48.5 Å². The van der Waals surface area contributed by atoms with Crippen LogP contribution in [0.3, 0.4) is 0 Å². The molecule has 5 rings (SSSR count). The molecule has 5 heteroatoms. The number of amides is 2. The smallest absolute Gasteiger partial charge is 0.266 e. The number of anilines is 1. The summed E-state index contributed by atoms with van der Waals surface area (Å²) in [7, 11) is 0. The van der Waals surface area contributed by atoms with Crippen LogP contribution in [-0.2, 0) is 6.54 Å². The van der Waals surface area contributed by atoms with Crippen LogP contribution in [0.5, 0.6) is 0 Å². The highest BCUT2D eigenvalue weighted by Gasteiger charge is 2.36. The summed E-state index contributed by atoms with van der Waals surface area (Å²) in [6, 6.07) is 25.2. The van der Waals surface area contributed by atoms with Gasteiger partial charge in [0.2, 0.25) is 17.8 Å². The van der Waals surface area contributed by atoms with Crippen LogP contribution in [-0.4, -0.2) is 17.6 Å². The molecular formula is C25H17N2O3+. The molecular weight excluding hydrogens is 376 g/mol. The van der Waals surface area contributed by atoms with Crippen molar-refractivity contribution in [2.45, 2.75) is 6.54 Å². The third kappa shape index (κ3) is 2.88. The van der Waals surface area contributed by atoms with Gasteiger partial charge < -0.3 is 0 Å². The summed E-state index contributed by atoms with van der Waals surface area (Å²) in [5, 5.41) is 1.06. The van der Waals surface area contributed by atoms with Crippen LogP contribution in [0.25, 0.3) is 10.9 Å². The molecule has 1 aromatic heterocycles. The molecule has 0 saturated carbocycles. The number of carbonyl (C=O) groups is 3. The van der Waals surface area contributed by atoms with Gasteiger partial charge in [-0.15, -0.1) is 0 Å². The van der Waals surface area contributed by atoms with E-state index >= 15 is 0 Å². The number of imide groups is 1. The third-order valence-corrected chi connectivity index (χ3v) is 5.34. The van der Waals surface area contributed by atoms with Crippen LogP contribution in [0.1, 0.15) is 31.1 Å². The van der Waals surface area contributed by atoms with Crippen LogP contribution in [0, 0.1) is 0 Å². The van der Waals surface area contributed by atoms with Crippen LogP contribution in [0.2, 0.25) is 0 Å². The summed E-state index contributed by atoms with van der Waals surface area (Å²) in [5.41, 5.74) is 2.76. The monoisotopic (exact) mass is 393 g/mol. The Morgan fingerprint density at radius 1 is 0.733 bits per heavy atom. The lowest BCUT2D eigenvalue weighted by atomic mass is 10.1. The topological polar surface area (TPSA) is 58.3 Å². The van der Waals surface area contributed by atoms with E-state index in [1.54, 1.807) is 48.5 Å². The molecule has 1 aliphatic heterocycles. The predicted molar refractivity (Wildman–Crippen MR) is 112 cm³/mol. The fourth-order valence-corrected chi connectivity index (χ4v) is 3.82. The average molecular weight is 393 g/mol. The van der Waals surface area contributed by atoms with Gasteiger partial charge in [-0.2, -0.15) is 4.57 Å². The summed E-state index contributed by atoms with van der Waals surface area (Å²) < 4.78 is 1.91. The minimum absolute atomic E-state index is 0.0507. The van der Waals surface area contributed by atoms with Crippen molar-refractivity contribution in [3.63, 3.8) is 0 Å².